The van der Waals surface area contributed by atoms with Gasteiger partial charge in [0.2, 0.25) is 5.91 Å². The van der Waals surface area contributed by atoms with Crippen LogP contribution >= 0.6 is 0 Å². The number of aryl methyl sites for hydroxylation is 1. The van der Waals surface area contributed by atoms with Gasteiger partial charge in [-0.3, -0.25) is 4.79 Å². The fourth-order valence-electron chi connectivity index (χ4n) is 3.47. The number of hydrogen-bond donors (Lipinski definition) is 2. The number of nitrogens with one attached hydrogen (secondary N) is 2. The van der Waals surface area contributed by atoms with Crippen molar-refractivity contribution in [2.24, 2.45) is 0 Å². The van der Waals surface area contributed by atoms with Gasteiger partial charge in [-0.25, -0.2) is 4.79 Å². The lowest BCUT2D eigenvalue weighted by atomic mass is 10.1. The highest BCUT2D eigenvalue weighted by Crippen LogP contribution is 2.16. The van der Waals surface area contributed by atoms with Crippen LogP contribution < -0.4 is 15.5 Å². The molecule has 3 amide bonds. The second kappa shape index (κ2) is 8.77. The number of nitrogens with zero attached hydrogens (tertiary/aromatic N) is 4. The van der Waals surface area contributed by atoms with Crippen molar-refractivity contribution in [3.8, 4) is 0 Å². The first kappa shape index (κ1) is 19.6. The molecule has 0 saturated heterocycles. The number of anilines is 2. The zero-order chi connectivity index (χ0) is 20.9. The Balaban J connectivity index is 1.28. The minimum Gasteiger partial charge on any atom is -0.331 e. The Morgan fingerprint density at radius 1 is 1.07 bits per heavy atom. The SMILES string of the molecule is CN(C(=O)Cc1ccc(NC(=O)NCc2nnc3n2CCC3)cc1)c1ccccc1. The van der Waals surface area contributed by atoms with Gasteiger partial charge < -0.3 is 20.1 Å². The van der Waals surface area contributed by atoms with Crippen LogP contribution in [0.2, 0.25) is 0 Å². The van der Waals surface area contributed by atoms with E-state index in [2.05, 4.69) is 25.4 Å². The maximum absolute atomic E-state index is 12.5. The Hall–Kier alpha value is -3.68. The summed E-state index contributed by atoms with van der Waals surface area (Å²) in [4.78, 5) is 26.3. The second-order valence-corrected chi connectivity index (χ2v) is 7.26. The number of aromatic nitrogens is 3. The lowest BCUT2D eigenvalue weighted by Crippen LogP contribution is -2.29. The van der Waals surface area contributed by atoms with Gasteiger partial charge in [-0.1, -0.05) is 30.3 Å². The topological polar surface area (TPSA) is 92.2 Å². The van der Waals surface area contributed by atoms with E-state index < -0.39 is 0 Å². The van der Waals surface area contributed by atoms with E-state index in [9.17, 15) is 9.59 Å². The average molecular weight is 404 g/mol. The van der Waals surface area contributed by atoms with Gasteiger partial charge in [-0.15, -0.1) is 10.2 Å². The summed E-state index contributed by atoms with van der Waals surface area (Å²) in [5.74, 6) is 1.75. The molecule has 0 saturated carbocycles. The smallest absolute Gasteiger partial charge is 0.319 e. The average Bonchev–Trinajstić information content (AvgIpc) is 3.38. The molecule has 0 unspecified atom stereocenters. The fourth-order valence-corrected chi connectivity index (χ4v) is 3.47. The second-order valence-electron chi connectivity index (χ2n) is 7.26. The molecule has 0 bridgehead atoms. The minimum atomic E-state index is -0.307. The molecule has 3 aromatic rings. The summed E-state index contributed by atoms with van der Waals surface area (Å²) in [5.41, 5.74) is 2.40. The molecule has 0 fully saturated rings. The van der Waals surface area contributed by atoms with Crippen molar-refractivity contribution in [2.45, 2.75) is 32.4 Å². The maximum Gasteiger partial charge on any atom is 0.319 e. The molecular weight excluding hydrogens is 380 g/mol. The molecule has 30 heavy (non-hydrogen) atoms. The number of carbonyl (C=O) groups excluding carboxylic acids is 2. The van der Waals surface area contributed by atoms with Crippen molar-refractivity contribution in [1.29, 1.82) is 0 Å². The molecular formula is C22H24N6O2. The van der Waals surface area contributed by atoms with E-state index in [-0.39, 0.29) is 18.4 Å². The molecule has 2 heterocycles. The lowest BCUT2D eigenvalue weighted by molar-refractivity contribution is -0.117. The molecule has 0 spiro atoms. The van der Waals surface area contributed by atoms with Crippen LogP contribution in [0.25, 0.3) is 0 Å². The number of likely N-dealkylation sites (N-methyl/N-ethyl adjacent to an activating group) is 1. The van der Waals surface area contributed by atoms with Crippen LogP contribution in [0.4, 0.5) is 16.2 Å². The first-order chi connectivity index (χ1) is 14.6. The molecule has 2 aromatic carbocycles. The van der Waals surface area contributed by atoms with E-state index in [0.29, 0.717) is 12.2 Å². The van der Waals surface area contributed by atoms with Gasteiger partial charge >= 0.3 is 6.03 Å². The van der Waals surface area contributed by atoms with E-state index >= 15 is 0 Å². The molecule has 1 aliphatic heterocycles. The highest BCUT2D eigenvalue weighted by molar-refractivity contribution is 5.94. The molecule has 0 radical (unpaired) electrons. The largest absolute Gasteiger partial charge is 0.331 e. The monoisotopic (exact) mass is 404 g/mol. The van der Waals surface area contributed by atoms with Gasteiger partial charge in [0.25, 0.3) is 0 Å². The predicted octanol–water partition coefficient (Wildman–Crippen LogP) is 2.75. The van der Waals surface area contributed by atoms with Crippen LogP contribution in [0.5, 0.6) is 0 Å². The first-order valence-electron chi connectivity index (χ1n) is 9.96. The number of carbonyl (C=O) groups is 2. The van der Waals surface area contributed by atoms with Crippen molar-refractivity contribution in [1.82, 2.24) is 20.1 Å². The van der Waals surface area contributed by atoms with Gasteiger partial charge in [-0.05, 0) is 36.2 Å². The zero-order valence-electron chi connectivity index (χ0n) is 16.8. The molecule has 1 aliphatic rings. The van der Waals surface area contributed by atoms with Crippen LogP contribution in [0.1, 0.15) is 23.6 Å². The Kier molecular flexibility index (Phi) is 5.74. The predicted molar refractivity (Wildman–Crippen MR) is 114 cm³/mol. The quantitative estimate of drug-likeness (QED) is 0.661. The maximum atomic E-state index is 12.5. The van der Waals surface area contributed by atoms with E-state index in [0.717, 1.165) is 42.3 Å². The summed E-state index contributed by atoms with van der Waals surface area (Å²) < 4.78 is 2.05. The van der Waals surface area contributed by atoms with Crippen LogP contribution in [-0.2, 0) is 30.7 Å². The Bertz CT molecular complexity index is 1030. The molecule has 2 N–H and O–H groups in total. The van der Waals surface area contributed by atoms with Crippen molar-refractivity contribution in [3.63, 3.8) is 0 Å². The van der Waals surface area contributed by atoms with Crippen LogP contribution in [0, 0.1) is 0 Å². The van der Waals surface area contributed by atoms with Crippen LogP contribution in [0.15, 0.2) is 54.6 Å². The molecule has 0 aliphatic carbocycles. The number of fused-ring (bicyclic) bond motifs is 1. The molecule has 4 rings (SSSR count). The van der Waals surface area contributed by atoms with Crippen LogP contribution in [-0.4, -0.2) is 33.8 Å². The van der Waals surface area contributed by atoms with E-state index in [1.165, 1.54) is 0 Å². The minimum absolute atomic E-state index is 0.000455. The van der Waals surface area contributed by atoms with Crippen LogP contribution in [0.3, 0.4) is 0 Å². The van der Waals surface area contributed by atoms with Gasteiger partial charge in [0.15, 0.2) is 5.82 Å². The van der Waals surface area contributed by atoms with Crippen molar-refractivity contribution in [3.05, 3.63) is 71.8 Å². The molecule has 0 atom stereocenters. The number of hydrogen-bond acceptors (Lipinski definition) is 4. The Labute approximate surface area is 174 Å². The zero-order valence-corrected chi connectivity index (χ0v) is 16.8. The summed E-state index contributed by atoms with van der Waals surface area (Å²) in [5, 5.41) is 13.9. The van der Waals surface area contributed by atoms with Crippen molar-refractivity contribution < 1.29 is 9.59 Å². The summed E-state index contributed by atoms with van der Waals surface area (Å²) in [6, 6.07) is 16.5. The van der Waals surface area contributed by atoms with Gasteiger partial charge in [0.1, 0.15) is 5.82 Å². The normalized spacial score (nSPS) is 12.3. The molecule has 8 heteroatoms. The summed E-state index contributed by atoms with van der Waals surface area (Å²) in [6.07, 6.45) is 2.30. The standard InChI is InChI=1S/C22H24N6O2/c1-27(18-6-3-2-4-7-18)21(29)14-16-9-11-17(12-10-16)24-22(30)23-15-20-26-25-19-8-5-13-28(19)20/h2-4,6-7,9-12H,5,8,13-15H2,1H3,(H2,23,24,30). The molecule has 154 valence electrons. The first-order valence-corrected chi connectivity index (χ1v) is 9.96. The van der Waals surface area contributed by atoms with Crippen molar-refractivity contribution >= 4 is 23.3 Å². The number of rotatable bonds is 6. The third-order valence-corrected chi connectivity index (χ3v) is 5.18. The number of benzene rings is 2. The lowest BCUT2D eigenvalue weighted by Gasteiger charge is -2.17. The number of amides is 3. The van der Waals surface area contributed by atoms with E-state index in [1.54, 1.807) is 24.1 Å². The Morgan fingerprint density at radius 2 is 1.83 bits per heavy atom. The highest BCUT2D eigenvalue weighted by atomic mass is 16.2. The third-order valence-electron chi connectivity index (χ3n) is 5.18. The summed E-state index contributed by atoms with van der Waals surface area (Å²) in [7, 11) is 1.77. The van der Waals surface area contributed by atoms with Gasteiger partial charge in [-0.2, -0.15) is 0 Å². The van der Waals surface area contributed by atoms with Crippen molar-refractivity contribution in [2.75, 3.05) is 17.3 Å². The summed E-state index contributed by atoms with van der Waals surface area (Å²) in [6.45, 7) is 1.23. The Morgan fingerprint density at radius 3 is 2.60 bits per heavy atom. The fraction of sp³-hybridized carbons (Fsp3) is 0.273. The van der Waals surface area contributed by atoms with Gasteiger partial charge in [0.05, 0.1) is 13.0 Å². The van der Waals surface area contributed by atoms with Gasteiger partial charge in [0, 0.05) is 31.4 Å². The molecule has 1 aromatic heterocycles. The van der Waals surface area contributed by atoms with E-state index in [4.69, 9.17) is 0 Å². The van der Waals surface area contributed by atoms with E-state index in [1.807, 2.05) is 42.5 Å². The highest BCUT2D eigenvalue weighted by Gasteiger charge is 2.17. The summed E-state index contributed by atoms with van der Waals surface area (Å²) >= 11 is 0. The number of para-hydroxylation sites is 1. The molecule has 8 nitrogen and oxygen atoms in total. The third kappa shape index (κ3) is 4.48. The number of urea groups is 1.